The van der Waals surface area contributed by atoms with Gasteiger partial charge in [-0.1, -0.05) is 0 Å². The number of nitrogens with one attached hydrogen (secondary N) is 1. The Balaban J connectivity index is 1.63. The second kappa shape index (κ2) is 9.99. The van der Waals surface area contributed by atoms with Gasteiger partial charge in [-0.3, -0.25) is 0 Å². The zero-order chi connectivity index (χ0) is 24.2. The molecule has 1 fully saturated rings. The minimum absolute atomic E-state index is 0.00286. The topological polar surface area (TPSA) is 128 Å². The fourth-order valence-electron chi connectivity index (χ4n) is 3.13. The van der Waals surface area contributed by atoms with Gasteiger partial charge in [-0.2, -0.15) is 0 Å². The third-order valence-corrected chi connectivity index (χ3v) is 5.16. The summed E-state index contributed by atoms with van der Waals surface area (Å²) in [6.07, 6.45) is 0.990. The molecule has 0 bridgehead atoms. The summed E-state index contributed by atoms with van der Waals surface area (Å²) in [5.41, 5.74) is -1.41. The maximum atomic E-state index is 12.1. The Morgan fingerprint density at radius 1 is 1.16 bits per heavy atom. The van der Waals surface area contributed by atoms with Crippen molar-refractivity contribution in [2.45, 2.75) is 77.6 Å². The zero-order valence-corrected chi connectivity index (χ0v) is 19.8. The van der Waals surface area contributed by atoms with Gasteiger partial charge in [0.1, 0.15) is 5.60 Å². The number of carbonyl (C=O) groups is 2. The largest absolute Gasteiger partial charge is 0.492 e. The van der Waals surface area contributed by atoms with E-state index >= 15 is 0 Å². The Bertz CT molecular complexity index is 779. The van der Waals surface area contributed by atoms with E-state index in [0.29, 0.717) is 37.3 Å². The Morgan fingerprint density at radius 3 is 2.38 bits per heavy atom. The van der Waals surface area contributed by atoms with E-state index in [2.05, 4.69) is 5.32 Å². The van der Waals surface area contributed by atoms with E-state index in [0.717, 1.165) is 0 Å². The molecule has 182 valence electrons. The van der Waals surface area contributed by atoms with E-state index in [1.54, 1.807) is 20.8 Å². The van der Waals surface area contributed by atoms with Crippen LogP contribution in [-0.2, 0) is 19.0 Å². The van der Waals surface area contributed by atoms with Gasteiger partial charge >= 0.3 is 12.1 Å². The number of carbonyl (C=O) groups excluding carboxylic acids is 2. The summed E-state index contributed by atoms with van der Waals surface area (Å²) >= 11 is 0. The lowest BCUT2D eigenvalue weighted by molar-refractivity contribution is -0.146. The first-order chi connectivity index (χ1) is 14.7. The van der Waals surface area contributed by atoms with Crippen LogP contribution in [0.25, 0.3) is 0 Å². The molecule has 1 aromatic rings. The molecule has 1 aromatic heterocycles. The number of nitrogens with zero attached hydrogens (tertiary/aromatic N) is 1. The van der Waals surface area contributed by atoms with Crippen LogP contribution in [0.15, 0.2) is 12.1 Å². The number of hydrogen-bond acceptors (Lipinski definition) is 8. The molecule has 0 aromatic carbocycles. The van der Waals surface area contributed by atoms with Crippen molar-refractivity contribution in [1.29, 1.82) is 0 Å². The van der Waals surface area contributed by atoms with Gasteiger partial charge in [-0.15, -0.1) is 4.73 Å². The van der Waals surface area contributed by atoms with Crippen LogP contribution in [0.5, 0.6) is 11.8 Å². The molecular weight excluding hydrogens is 420 g/mol. The number of rotatable bonds is 11. The third kappa shape index (κ3) is 8.23. The fraction of sp³-hybridized carbons (Fsp3) is 0.727. The number of aromatic nitrogens is 1. The van der Waals surface area contributed by atoms with E-state index in [-0.39, 0.29) is 24.1 Å². The van der Waals surface area contributed by atoms with Crippen molar-refractivity contribution in [3.05, 3.63) is 12.1 Å². The highest BCUT2D eigenvalue weighted by molar-refractivity contribution is 5.71. The predicted molar refractivity (Wildman–Crippen MR) is 115 cm³/mol. The van der Waals surface area contributed by atoms with E-state index in [4.69, 9.17) is 19.0 Å². The van der Waals surface area contributed by atoms with E-state index in [1.807, 2.05) is 20.8 Å². The van der Waals surface area contributed by atoms with Crippen LogP contribution in [0.3, 0.4) is 0 Å². The summed E-state index contributed by atoms with van der Waals surface area (Å²) in [5.74, 6) is -1.27. The Morgan fingerprint density at radius 2 is 1.78 bits per heavy atom. The van der Waals surface area contributed by atoms with Crippen LogP contribution in [-0.4, -0.2) is 63.6 Å². The molecule has 1 aliphatic carbocycles. The highest BCUT2D eigenvalue weighted by Crippen LogP contribution is 2.49. The quantitative estimate of drug-likeness (QED) is 0.434. The summed E-state index contributed by atoms with van der Waals surface area (Å²) in [4.78, 5) is 28.7. The molecular formula is C22H36N2O8. The van der Waals surface area contributed by atoms with Gasteiger partial charge in [0.05, 0.1) is 30.8 Å². The van der Waals surface area contributed by atoms with Crippen molar-refractivity contribution in [2.24, 2.45) is 5.92 Å². The van der Waals surface area contributed by atoms with Crippen LogP contribution >= 0.6 is 0 Å². The Hall–Kier alpha value is -2.46. The molecule has 0 spiro atoms. The van der Waals surface area contributed by atoms with E-state index < -0.39 is 28.9 Å². The standard InChI is InChI=1S/C22H36N2O8/c1-20(2,3)31-19(28)23-10-12-29-21(4,5)9-11-30-22(6)14-15(22)13-18(27)32-24-16(25)7-8-17(24)26/h7-8,15,25-26H,9-14H2,1-6H3,(H,23,28). The molecule has 1 heterocycles. The van der Waals surface area contributed by atoms with Gasteiger partial charge < -0.3 is 34.6 Å². The normalized spacial score (nSPS) is 20.6. The minimum atomic E-state index is -0.565. The molecule has 0 aliphatic heterocycles. The molecule has 3 N–H and O–H groups in total. The average Bonchev–Trinajstić information content (AvgIpc) is 3.16. The minimum Gasteiger partial charge on any atom is -0.492 e. The van der Waals surface area contributed by atoms with Crippen LogP contribution in [0.1, 0.15) is 60.8 Å². The average molecular weight is 457 g/mol. The molecule has 10 nitrogen and oxygen atoms in total. The van der Waals surface area contributed by atoms with Crippen molar-refractivity contribution in [3.63, 3.8) is 0 Å². The highest BCUT2D eigenvalue weighted by Gasteiger charge is 2.52. The van der Waals surface area contributed by atoms with Crippen molar-refractivity contribution in [2.75, 3.05) is 19.8 Å². The van der Waals surface area contributed by atoms with E-state index in [1.165, 1.54) is 12.1 Å². The van der Waals surface area contributed by atoms with Crippen LogP contribution in [0.2, 0.25) is 0 Å². The van der Waals surface area contributed by atoms with Gasteiger partial charge in [0, 0.05) is 24.6 Å². The summed E-state index contributed by atoms with van der Waals surface area (Å²) in [6.45, 7) is 12.4. The molecule has 10 heteroatoms. The monoisotopic (exact) mass is 456 g/mol. The second-order valence-corrected chi connectivity index (χ2v) is 9.86. The first-order valence-corrected chi connectivity index (χ1v) is 10.8. The fourth-order valence-corrected chi connectivity index (χ4v) is 3.13. The zero-order valence-electron chi connectivity index (χ0n) is 19.8. The molecule has 2 atom stereocenters. The SMILES string of the molecule is CC(C)(C)OC(=O)NCCOC(C)(C)CCOC1(C)CC1CC(=O)On1c(O)ccc1O. The summed E-state index contributed by atoms with van der Waals surface area (Å²) < 4.78 is 17.7. The van der Waals surface area contributed by atoms with Crippen molar-refractivity contribution in [1.82, 2.24) is 10.0 Å². The maximum Gasteiger partial charge on any atom is 0.407 e. The molecule has 32 heavy (non-hydrogen) atoms. The molecule has 1 saturated carbocycles. The first kappa shape index (κ1) is 25.8. The molecule has 1 aliphatic rings. The Kier molecular flexibility index (Phi) is 8.06. The maximum absolute atomic E-state index is 12.1. The first-order valence-electron chi connectivity index (χ1n) is 10.8. The van der Waals surface area contributed by atoms with E-state index in [9.17, 15) is 19.8 Å². The number of alkyl carbamates (subject to hydrolysis) is 1. The van der Waals surface area contributed by atoms with Crippen molar-refractivity contribution in [3.8, 4) is 11.8 Å². The van der Waals surface area contributed by atoms with Gasteiger partial charge in [0.15, 0.2) is 0 Å². The highest BCUT2D eigenvalue weighted by atomic mass is 16.7. The number of hydrogen-bond donors (Lipinski definition) is 3. The smallest absolute Gasteiger partial charge is 0.407 e. The van der Waals surface area contributed by atoms with Crippen LogP contribution in [0, 0.1) is 5.92 Å². The molecule has 2 rings (SSSR count). The third-order valence-electron chi connectivity index (χ3n) is 5.16. The molecule has 0 saturated heterocycles. The van der Waals surface area contributed by atoms with Crippen molar-refractivity contribution < 1.29 is 38.9 Å². The summed E-state index contributed by atoms with van der Waals surface area (Å²) in [6, 6.07) is 2.45. The van der Waals surface area contributed by atoms with Gasteiger partial charge in [0.25, 0.3) is 0 Å². The van der Waals surface area contributed by atoms with Gasteiger partial charge in [-0.25, -0.2) is 9.59 Å². The Labute approximate surface area is 188 Å². The molecule has 2 unspecified atom stereocenters. The number of aromatic hydroxyl groups is 2. The summed E-state index contributed by atoms with van der Waals surface area (Å²) in [7, 11) is 0. The second-order valence-electron chi connectivity index (χ2n) is 9.86. The lowest BCUT2D eigenvalue weighted by atomic mass is 10.1. The van der Waals surface area contributed by atoms with Crippen molar-refractivity contribution >= 4 is 12.1 Å². The molecule has 0 radical (unpaired) electrons. The predicted octanol–water partition coefficient (Wildman–Crippen LogP) is 2.75. The summed E-state index contributed by atoms with van der Waals surface area (Å²) in [5, 5.41) is 21.7. The molecule has 1 amide bonds. The lowest BCUT2D eigenvalue weighted by Gasteiger charge is -2.26. The van der Waals surface area contributed by atoms with Crippen LogP contribution in [0.4, 0.5) is 4.79 Å². The van der Waals surface area contributed by atoms with Gasteiger partial charge in [0.2, 0.25) is 11.8 Å². The van der Waals surface area contributed by atoms with Gasteiger partial charge in [-0.05, 0) is 54.4 Å². The number of ether oxygens (including phenoxy) is 3. The van der Waals surface area contributed by atoms with Crippen LogP contribution < -0.4 is 10.2 Å². The number of amides is 1. The lowest BCUT2D eigenvalue weighted by Crippen LogP contribution is -2.36.